The Kier molecular flexibility index (Phi) is 4.52. The molecule has 0 saturated carbocycles. The summed E-state index contributed by atoms with van der Waals surface area (Å²) in [6.07, 6.45) is -0.156. The van der Waals surface area contributed by atoms with Crippen molar-refractivity contribution in [2.24, 2.45) is 17.6 Å². The zero-order valence-electron chi connectivity index (χ0n) is 15.0. The number of primary amides is 1. The van der Waals surface area contributed by atoms with E-state index in [0.29, 0.717) is 11.3 Å². The lowest BCUT2D eigenvalue weighted by Crippen LogP contribution is -2.53. The summed E-state index contributed by atoms with van der Waals surface area (Å²) in [6, 6.07) is 4.54. The maximum Gasteiger partial charge on any atom is 0.250 e. The molecule has 148 valence electrons. The minimum absolute atomic E-state index is 0.0908. The van der Waals surface area contributed by atoms with E-state index in [-0.39, 0.29) is 19.6 Å². The van der Waals surface area contributed by atoms with Gasteiger partial charge in [0.2, 0.25) is 23.6 Å². The lowest BCUT2D eigenvalue weighted by Gasteiger charge is -2.29. The number of halogens is 1. The number of nitrogens with zero attached hydrogens (tertiary/aromatic N) is 1. The number of fused-ring (bicyclic) bond motifs is 4. The Morgan fingerprint density at radius 3 is 2.75 bits per heavy atom. The first kappa shape index (κ1) is 19.0. The maximum atomic E-state index is 13.2. The molecular weight excluding hydrogens is 432 g/mol. The molecule has 1 spiro atoms. The van der Waals surface area contributed by atoms with Crippen LogP contribution < -0.4 is 16.4 Å². The molecule has 1 aromatic carbocycles. The van der Waals surface area contributed by atoms with Crippen LogP contribution in [-0.2, 0) is 29.5 Å². The van der Waals surface area contributed by atoms with Crippen LogP contribution in [0.5, 0.6) is 0 Å². The molecule has 3 aliphatic heterocycles. The number of hydrogen-bond acceptors (Lipinski definition) is 6. The molecule has 0 aliphatic carbocycles. The van der Waals surface area contributed by atoms with Crippen molar-refractivity contribution in [3.63, 3.8) is 0 Å². The van der Waals surface area contributed by atoms with Crippen LogP contribution >= 0.6 is 15.9 Å². The molecule has 4 rings (SSSR count). The van der Waals surface area contributed by atoms with E-state index in [2.05, 4.69) is 26.6 Å². The normalized spacial score (nSPS) is 30.7. The first-order valence-electron chi connectivity index (χ1n) is 8.83. The Morgan fingerprint density at radius 2 is 2.07 bits per heavy atom. The highest BCUT2D eigenvalue weighted by molar-refractivity contribution is 9.10. The molecule has 28 heavy (non-hydrogen) atoms. The number of methoxy groups -OCH3 is 1. The molecule has 4 amide bonds. The van der Waals surface area contributed by atoms with Gasteiger partial charge in [0.15, 0.2) is 0 Å². The highest BCUT2D eigenvalue weighted by atomic mass is 79.9. The molecule has 2 fully saturated rings. The zero-order chi connectivity index (χ0) is 20.2. The van der Waals surface area contributed by atoms with Gasteiger partial charge in [0, 0.05) is 35.3 Å². The SMILES string of the molecule is COCCN1C(=O)[C@@H]2[C@H](CC(N)=O)N[C@@]3(C(=O)Nc4ccc(Br)cc43)[C@@H]2C1=O. The third-order valence-corrected chi connectivity index (χ3v) is 6.20. The smallest absolute Gasteiger partial charge is 0.250 e. The molecule has 4 N–H and O–H groups in total. The van der Waals surface area contributed by atoms with Crippen LogP contribution in [-0.4, -0.2) is 54.8 Å². The van der Waals surface area contributed by atoms with Crippen LogP contribution in [0.4, 0.5) is 5.69 Å². The molecule has 4 atom stereocenters. The molecule has 0 bridgehead atoms. The fraction of sp³-hybridized carbons (Fsp3) is 0.444. The summed E-state index contributed by atoms with van der Waals surface area (Å²) in [5.41, 5.74) is 5.08. The molecule has 1 aromatic rings. The van der Waals surface area contributed by atoms with Gasteiger partial charge in [-0.1, -0.05) is 15.9 Å². The van der Waals surface area contributed by atoms with E-state index in [1.165, 1.54) is 7.11 Å². The summed E-state index contributed by atoms with van der Waals surface area (Å²) in [6.45, 7) is 0.277. The van der Waals surface area contributed by atoms with Crippen molar-refractivity contribution < 1.29 is 23.9 Å². The Bertz CT molecular complexity index is 906. The number of nitrogens with one attached hydrogen (secondary N) is 2. The van der Waals surface area contributed by atoms with Gasteiger partial charge in [0.1, 0.15) is 5.54 Å². The van der Waals surface area contributed by atoms with Crippen molar-refractivity contribution in [3.05, 3.63) is 28.2 Å². The number of nitrogens with two attached hydrogens (primary N) is 1. The maximum absolute atomic E-state index is 13.2. The van der Waals surface area contributed by atoms with Gasteiger partial charge < -0.3 is 15.8 Å². The molecule has 10 heteroatoms. The fourth-order valence-electron chi connectivity index (χ4n) is 4.63. The van der Waals surface area contributed by atoms with Crippen LogP contribution in [0.3, 0.4) is 0 Å². The predicted molar refractivity (Wildman–Crippen MR) is 101 cm³/mol. The largest absolute Gasteiger partial charge is 0.383 e. The third kappa shape index (κ3) is 2.51. The van der Waals surface area contributed by atoms with Crippen molar-refractivity contribution in [1.82, 2.24) is 10.2 Å². The van der Waals surface area contributed by atoms with E-state index in [0.717, 1.165) is 9.37 Å². The standard InChI is InChI=1S/C18H19BrN4O5/c1-28-5-4-23-15(25)13-11(7-12(20)24)22-18(14(13)16(23)26)9-6-8(19)2-3-10(9)21-17(18)27/h2-3,6,11,13-14,22H,4-5,7H2,1H3,(H2,20,24)(H,21,27)/t11-,13+,14-,18+/m0/s1. The van der Waals surface area contributed by atoms with Crippen LogP contribution in [0, 0.1) is 11.8 Å². The molecule has 9 nitrogen and oxygen atoms in total. The van der Waals surface area contributed by atoms with Gasteiger partial charge in [-0.15, -0.1) is 0 Å². The van der Waals surface area contributed by atoms with Crippen LogP contribution in [0.1, 0.15) is 12.0 Å². The topological polar surface area (TPSA) is 131 Å². The van der Waals surface area contributed by atoms with Crippen molar-refractivity contribution in [2.75, 3.05) is 25.6 Å². The number of hydrogen-bond donors (Lipinski definition) is 3. The number of likely N-dealkylation sites (tertiary alicyclic amines) is 1. The first-order valence-corrected chi connectivity index (χ1v) is 9.62. The first-order chi connectivity index (χ1) is 13.3. The Hall–Kier alpha value is -2.30. The average molecular weight is 451 g/mol. The summed E-state index contributed by atoms with van der Waals surface area (Å²) >= 11 is 3.40. The van der Waals surface area contributed by atoms with Gasteiger partial charge in [0.05, 0.1) is 25.0 Å². The number of benzene rings is 1. The van der Waals surface area contributed by atoms with Crippen LogP contribution in [0.2, 0.25) is 0 Å². The Labute approximate surface area is 169 Å². The van der Waals surface area contributed by atoms with Crippen molar-refractivity contribution >= 4 is 45.2 Å². The minimum atomic E-state index is -1.43. The van der Waals surface area contributed by atoms with E-state index in [4.69, 9.17) is 10.5 Å². The number of carbonyl (C=O) groups is 4. The van der Waals surface area contributed by atoms with E-state index in [1.807, 2.05) is 0 Å². The summed E-state index contributed by atoms with van der Waals surface area (Å²) in [5, 5.41) is 5.93. The van der Waals surface area contributed by atoms with Crippen LogP contribution in [0.15, 0.2) is 22.7 Å². The quantitative estimate of drug-likeness (QED) is 0.527. The highest BCUT2D eigenvalue weighted by Gasteiger charge is 2.70. The second-order valence-corrected chi connectivity index (χ2v) is 8.11. The Morgan fingerprint density at radius 1 is 1.32 bits per heavy atom. The van der Waals surface area contributed by atoms with Gasteiger partial charge in [-0.05, 0) is 18.2 Å². The van der Waals surface area contributed by atoms with Crippen molar-refractivity contribution in [3.8, 4) is 0 Å². The zero-order valence-corrected chi connectivity index (χ0v) is 16.6. The number of carbonyl (C=O) groups excluding carboxylic acids is 4. The molecule has 3 aliphatic rings. The lowest BCUT2D eigenvalue weighted by molar-refractivity contribution is -0.143. The van der Waals surface area contributed by atoms with E-state index >= 15 is 0 Å². The molecular formula is C18H19BrN4O5. The van der Waals surface area contributed by atoms with Gasteiger partial charge in [-0.2, -0.15) is 0 Å². The molecule has 2 saturated heterocycles. The van der Waals surface area contributed by atoms with Gasteiger partial charge in [-0.25, -0.2) is 0 Å². The van der Waals surface area contributed by atoms with Gasteiger partial charge >= 0.3 is 0 Å². The van der Waals surface area contributed by atoms with E-state index in [1.54, 1.807) is 18.2 Å². The highest BCUT2D eigenvalue weighted by Crippen LogP contribution is 2.53. The van der Waals surface area contributed by atoms with Crippen molar-refractivity contribution in [1.29, 1.82) is 0 Å². The summed E-state index contributed by atoms with van der Waals surface area (Å²) in [7, 11) is 1.48. The Balaban J connectivity index is 1.85. The van der Waals surface area contributed by atoms with Crippen molar-refractivity contribution in [2.45, 2.75) is 18.0 Å². The molecule has 0 aromatic heterocycles. The summed E-state index contributed by atoms with van der Waals surface area (Å²) in [4.78, 5) is 52.1. The van der Waals surface area contributed by atoms with E-state index in [9.17, 15) is 19.2 Å². The number of amides is 4. The van der Waals surface area contributed by atoms with E-state index < -0.39 is 47.0 Å². The average Bonchev–Trinajstić information content (AvgIpc) is 3.19. The predicted octanol–water partition coefficient (Wildman–Crippen LogP) is -0.309. The summed E-state index contributed by atoms with van der Waals surface area (Å²) in [5.74, 6) is -3.72. The second kappa shape index (κ2) is 6.64. The molecule has 0 unspecified atom stereocenters. The molecule has 3 heterocycles. The number of anilines is 1. The second-order valence-electron chi connectivity index (χ2n) is 7.20. The minimum Gasteiger partial charge on any atom is -0.383 e. The number of rotatable bonds is 5. The van der Waals surface area contributed by atoms with Crippen LogP contribution in [0.25, 0.3) is 0 Å². The third-order valence-electron chi connectivity index (χ3n) is 5.71. The fourth-order valence-corrected chi connectivity index (χ4v) is 4.99. The van der Waals surface area contributed by atoms with Gasteiger partial charge in [0.25, 0.3) is 0 Å². The molecule has 0 radical (unpaired) electrons. The lowest BCUT2D eigenvalue weighted by atomic mass is 9.76. The number of ether oxygens (including phenoxy) is 1. The van der Waals surface area contributed by atoms with Gasteiger partial charge in [-0.3, -0.25) is 29.4 Å². The number of imide groups is 1. The monoisotopic (exact) mass is 450 g/mol. The summed E-state index contributed by atoms with van der Waals surface area (Å²) < 4.78 is 5.73.